The summed E-state index contributed by atoms with van der Waals surface area (Å²) in [5.74, 6) is 0. The van der Waals surface area contributed by atoms with Crippen molar-refractivity contribution < 1.29 is 0 Å². The Morgan fingerprint density at radius 1 is 0.321 bits per heavy atom. The lowest BCUT2D eigenvalue weighted by atomic mass is 9.92. The number of hydrogen-bond donors (Lipinski definition) is 0. The molecule has 0 heterocycles. The van der Waals surface area contributed by atoms with Crippen molar-refractivity contribution in [3.8, 4) is 0 Å². The Kier molecular flexibility index (Phi) is 11.6. The molecule has 0 nitrogen and oxygen atoms in total. The summed E-state index contributed by atoms with van der Waals surface area (Å²) in [5, 5.41) is 0. The normalized spacial score (nSPS) is 12.6. The summed E-state index contributed by atoms with van der Waals surface area (Å²) in [4.78, 5) is 0. The predicted molar refractivity (Wildman–Crippen MR) is 169 cm³/mol. The van der Waals surface area contributed by atoms with Gasteiger partial charge in [0.25, 0.3) is 0 Å². The molecule has 0 saturated carbocycles. The van der Waals surface area contributed by atoms with E-state index in [9.17, 15) is 0 Å². The van der Waals surface area contributed by atoms with Gasteiger partial charge in [-0.1, -0.05) is 63.7 Å². The second-order valence-corrected chi connectivity index (χ2v) is 20.9. The summed E-state index contributed by atoms with van der Waals surface area (Å²) >= 11 is 52.2. The molecule has 28 heavy (non-hydrogen) atoms. The van der Waals surface area contributed by atoms with Crippen molar-refractivity contribution in [1.29, 1.82) is 0 Å². The van der Waals surface area contributed by atoms with E-state index < -0.39 is 6.47 Å². The van der Waals surface area contributed by atoms with Crippen LogP contribution >= 0.6 is 223 Å². The molecule has 0 saturated heterocycles. The molecule has 2 aromatic carbocycles. The molecule has 0 fully saturated rings. The quantitative estimate of drug-likeness (QED) is 0.160. The SMILES string of the molecule is Brc1c(Br)c(Br)c(C(Br)(c2c(Br)c(Br)c(Br)c(Br)c2Br)C(Br)(Br)Br)c(Br)c1Br. The van der Waals surface area contributed by atoms with E-state index in [2.05, 4.69) is 223 Å². The van der Waals surface area contributed by atoms with Crippen LogP contribution in [0.3, 0.4) is 0 Å². The van der Waals surface area contributed by atoms with E-state index in [0.29, 0.717) is 0 Å². The highest BCUT2D eigenvalue weighted by Gasteiger charge is 2.53. The Morgan fingerprint density at radius 3 is 0.679 bits per heavy atom. The fourth-order valence-corrected chi connectivity index (χ4v) is 12.6. The minimum absolute atomic E-state index is 0.796. The standard InChI is InChI=1S/C14Br14/c15-3-1(4(16)8(20)11(23)7(3)19)13(25,14(26,27)28)2-5(17)9(21)12(24)10(22)6(2)18. The number of rotatable bonds is 2. The van der Waals surface area contributed by atoms with Crippen molar-refractivity contribution >= 4 is 223 Å². The number of halogens is 14. The van der Waals surface area contributed by atoms with Crippen molar-refractivity contribution in [2.24, 2.45) is 0 Å². The van der Waals surface area contributed by atoms with Crippen molar-refractivity contribution in [2.75, 3.05) is 0 Å². The molecule has 2 aromatic rings. The lowest BCUT2D eigenvalue weighted by Crippen LogP contribution is -2.36. The van der Waals surface area contributed by atoms with Gasteiger partial charge >= 0.3 is 0 Å². The molecule has 0 bridgehead atoms. The maximum atomic E-state index is 4.04. The van der Waals surface area contributed by atoms with Gasteiger partial charge in [0, 0.05) is 55.9 Å². The van der Waals surface area contributed by atoms with Crippen molar-refractivity contribution in [3.05, 3.63) is 55.9 Å². The van der Waals surface area contributed by atoms with Gasteiger partial charge in [0.1, 0.15) is 4.32 Å². The summed E-state index contributed by atoms with van der Waals surface area (Å²) in [6.45, 7) is 0. The number of hydrogen-bond acceptors (Lipinski definition) is 0. The van der Waals surface area contributed by atoms with Crippen molar-refractivity contribution in [1.82, 2.24) is 0 Å². The van der Waals surface area contributed by atoms with E-state index in [0.717, 1.165) is 55.9 Å². The van der Waals surface area contributed by atoms with Gasteiger partial charge in [-0.05, 0) is 159 Å². The second kappa shape index (κ2) is 11.0. The molecule has 2 rings (SSSR count). The van der Waals surface area contributed by atoms with Gasteiger partial charge in [0.05, 0.1) is 0 Å². The number of alkyl halides is 4. The second-order valence-electron chi connectivity index (χ2n) is 5.05. The van der Waals surface area contributed by atoms with Gasteiger partial charge < -0.3 is 0 Å². The molecule has 0 radical (unpaired) electrons. The summed E-state index contributed by atoms with van der Waals surface area (Å²) in [6.07, 6.45) is 0. The summed E-state index contributed by atoms with van der Waals surface area (Å²) in [7, 11) is 0. The van der Waals surface area contributed by atoms with Gasteiger partial charge in [-0.2, -0.15) is 0 Å². The largest absolute Gasteiger partial charge is 0.158 e. The molecule has 14 heteroatoms. The van der Waals surface area contributed by atoms with Crippen LogP contribution in [0.4, 0.5) is 0 Å². The molecular weight excluding hydrogens is 1290 g/mol. The van der Waals surface area contributed by atoms with Crippen LogP contribution in [0, 0.1) is 0 Å². The van der Waals surface area contributed by atoms with E-state index >= 15 is 0 Å². The molecule has 0 aliphatic heterocycles. The molecule has 0 N–H and O–H groups in total. The molecule has 0 aliphatic carbocycles. The van der Waals surface area contributed by atoms with Crippen LogP contribution in [0.15, 0.2) is 44.7 Å². The van der Waals surface area contributed by atoms with Crippen molar-refractivity contribution in [3.63, 3.8) is 0 Å². The first-order valence-electron chi connectivity index (χ1n) is 6.40. The van der Waals surface area contributed by atoms with E-state index in [1.165, 1.54) is 0 Å². The average molecular weight is 1290 g/mol. The zero-order chi connectivity index (χ0) is 21.9. The third-order valence-corrected chi connectivity index (χ3v) is 20.5. The first-order valence-corrected chi connectivity index (χ1v) is 17.5. The molecule has 0 spiro atoms. The molecule has 0 aliphatic rings. The highest BCUT2D eigenvalue weighted by atomic mass is 80.0. The van der Waals surface area contributed by atoms with E-state index in [4.69, 9.17) is 0 Å². The van der Waals surface area contributed by atoms with Gasteiger partial charge in [0.15, 0.2) is 2.14 Å². The lowest BCUT2D eigenvalue weighted by Gasteiger charge is -2.40. The van der Waals surface area contributed by atoms with Crippen LogP contribution in [0.25, 0.3) is 0 Å². The molecule has 0 unspecified atom stereocenters. The van der Waals surface area contributed by atoms with Gasteiger partial charge in [-0.25, -0.2) is 0 Å². The third-order valence-electron chi connectivity index (χ3n) is 3.50. The fourth-order valence-electron chi connectivity index (χ4n) is 2.22. The highest BCUT2D eigenvalue weighted by Crippen LogP contribution is 2.66. The molecule has 0 aromatic heterocycles. The van der Waals surface area contributed by atoms with Gasteiger partial charge in [-0.3, -0.25) is 0 Å². The Hall–Kier alpha value is 5.16. The van der Waals surface area contributed by atoms with Gasteiger partial charge in [0.2, 0.25) is 0 Å². The first-order chi connectivity index (χ1) is 12.6. The predicted octanol–water partition coefficient (Wildman–Crippen LogP) is 13.8. The fraction of sp³-hybridized carbons (Fsp3) is 0.143. The van der Waals surface area contributed by atoms with Crippen LogP contribution < -0.4 is 0 Å². The minimum atomic E-state index is -0.854. The van der Waals surface area contributed by atoms with Crippen LogP contribution in [0.5, 0.6) is 0 Å². The first kappa shape index (κ1) is 29.4. The highest BCUT2D eigenvalue weighted by molar-refractivity contribution is 9.40. The molecule has 154 valence electrons. The summed E-state index contributed by atoms with van der Waals surface area (Å²) in [6, 6.07) is 0. The van der Waals surface area contributed by atoms with Crippen LogP contribution in [-0.2, 0) is 4.32 Å². The topological polar surface area (TPSA) is 0 Å². The third kappa shape index (κ3) is 5.15. The van der Waals surface area contributed by atoms with Crippen LogP contribution in [0.2, 0.25) is 0 Å². The summed E-state index contributed by atoms with van der Waals surface area (Å²) in [5.41, 5.74) is 1.81. The number of benzene rings is 2. The van der Waals surface area contributed by atoms with Crippen LogP contribution in [0.1, 0.15) is 11.1 Å². The zero-order valence-corrected chi connectivity index (χ0v) is 34.5. The molecule has 0 atom stereocenters. The molecular formula is C14Br14. The average Bonchev–Trinajstić information content (AvgIpc) is 2.60. The smallest absolute Gasteiger partial charge is 0.0712 e. The zero-order valence-electron chi connectivity index (χ0n) is 12.3. The van der Waals surface area contributed by atoms with Gasteiger partial charge in [-0.15, -0.1) is 0 Å². The summed E-state index contributed by atoms with van der Waals surface area (Å²) < 4.78 is 6.96. The minimum Gasteiger partial charge on any atom is -0.0712 e. The van der Waals surface area contributed by atoms with E-state index in [1.807, 2.05) is 0 Å². The Morgan fingerprint density at radius 2 is 0.500 bits per heavy atom. The Labute approximate surface area is 279 Å². The van der Waals surface area contributed by atoms with Crippen molar-refractivity contribution in [2.45, 2.75) is 6.47 Å². The maximum Gasteiger partial charge on any atom is 0.158 e. The maximum absolute atomic E-state index is 4.04. The molecule has 0 amide bonds. The van der Waals surface area contributed by atoms with E-state index in [1.54, 1.807) is 0 Å². The van der Waals surface area contributed by atoms with Crippen LogP contribution in [-0.4, -0.2) is 2.14 Å². The lowest BCUT2D eigenvalue weighted by molar-refractivity contribution is 0.805. The Balaban J connectivity index is 3.17. The monoisotopic (exact) mass is 1270 g/mol. The Bertz CT molecular complexity index is 846. The van der Waals surface area contributed by atoms with E-state index in [-0.39, 0.29) is 0 Å².